The van der Waals surface area contributed by atoms with Gasteiger partial charge in [-0.05, 0) is 0 Å². The van der Waals surface area contributed by atoms with Gasteiger partial charge in [0.05, 0.1) is 13.7 Å². The Morgan fingerprint density at radius 2 is 1.62 bits per heavy atom. The number of aliphatic hydroxyl groups is 5. The molecule has 2 saturated heterocycles. The van der Waals surface area contributed by atoms with E-state index < -0.39 is 79.8 Å². The maximum absolute atomic E-state index is 11.8. The topological polar surface area (TPSA) is 193 Å². The Hall–Kier alpha value is -1.42. The second-order valence-electron chi connectivity index (χ2n) is 6.70. The second-order valence-corrected chi connectivity index (χ2v) is 6.70. The van der Waals surface area contributed by atoms with Crippen LogP contribution in [-0.2, 0) is 33.3 Å². The number of methoxy groups -OCH3 is 2. The number of carbonyl (C=O) groups excluding carboxylic acids is 2. The minimum Gasteiger partial charge on any atom is -0.467 e. The molecule has 0 saturated carbocycles. The third kappa shape index (κ3) is 5.02. The molecule has 0 aliphatic carbocycles. The quantitative estimate of drug-likeness (QED) is 0.224. The summed E-state index contributed by atoms with van der Waals surface area (Å²) < 4.78 is 25.9. The van der Waals surface area contributed by atoms with Crippen LogP contribution in [0.2, 0.25) is 0 Å². The number of carbonyl (C=O) groups is 2. The summed E-state index contributed by atoms with van der Waals surface area (Å²) in [6, 6.07) is -1.10. The van der Waals surface area contributed by atoms with Crippen molar-refractivity contribution in [3.8, 4) is 0 Å². The molecule has 10 atom stereocenters. The standard InChI is InChI=1S/C16H27NO12/c1-5(19)17-7-12(8(20)6(4-18)27-15(7)26-3)28-16-11(23)9(21)10(22)13(29-16)14(24)25-2/h6-13,15-16,18,20-23H,4H2,1-3H3,(H,17,19). The highest BCUT2D eigenvalue weighted by molar-refractivity contribution is 5.75. The van der Waals surface area contributed by atoms with Gasteiger partial charge in [0.15, 0.2) is 18.7 Å². The van der Waals surface area contributed by atoms with E-state index >= 15 is 0 Å². The third-order valence-electron chi connectivity index (χ3n) is 4.75. The molecule has 6 N–H and O–H groups in total. The van der Waals surface area contributed by atoms with E-state index in [1.807, 2.05) is 0 Å². The van der Waals surface area contributed by atoms with E-state index in [0.29, 0.717) is 0 Å². The number of nitrogens with one attached hydrogen (secondary N) is 1. The molecule has 10 unspecified atom stereocenters. The maximum atomic E-state index is 11.8. The van der Waals surface area contributed by atoms with Crippen molar-refractivity contribution in [2.45, 2.75) is 68.3 Å². The van der Waals surface area contributed by atoms with E-state index in [9.17, 15) is 35.1 Å². The van der Waals surface area contributed by atoms with E-state index in [2.05, 4.69) is 10.1 Å². The van der Waals surface area contributed by atoms with Crippen LogP contribution in [0, 0.1) is 0 Å². The van der Waals surface area contributed by atoms with Crippen LogP contribution < -0.4 is 5.32 Å². The van der Waals surface area contributed by atoms with Crippen molar-refractivity contribution >= 4 is 11.9 Å². The largest absolute Gasteiger partial charge is 0.467 e. The average molecular weight is 425 g/mol. The molecular weight excluding hydrogens is 398 g/mol. The molecule has 2 aliphatic heterocycles. The summed E-state index contributed by atoms with van der Waals surface area (Å²) in [5.41, 5.74) is 0. The van der Waals surface area contributed by atoms with E-state index in [1.54, 1.807) is 0 Å². The Kier molecular flexibility index (Phi) is 8.28. The highest BCUT2D eigenvalue weighted by atomic mass is 16.7. The van der Waals surface area contributed by atoms with Gasteiger partial charge in [0.2, 0.25) is 5.91 Å². The van der Waals surface area contributed by atoms with Crippen LogP contribution >= 0.6 is 0 Å². The molecule has 13 heteroatoms. The fourth-order valence-electron chi connectivity index (χ4n) is 3.25. The molecule has 13 nitrogen and oxygen atoms in total. The number of amides is 1. The van der Waals surface area contributed by atoms with Gasteiger partial charge in [-0.25, -0.2) is 4.79 Å². The van der Waals surface area contributed by atoms with Gasteiger partial charge in [0, 0.05) is 14.0 Å². The minimum atomic E-state index is -1.83. The first-order valence-corrected chi connectivity index (χ1v) is 8.83. The highest BCUT2D eigenvalue weighted by Crippen LogP contribution is 2.29. The molecule has 2 rings (SSSR count). The number of aliphatic hydroxyl groups excluding tert-OH is 5. The molecular formula is C16H27NO12. The van der Waals surface area contributed by atoms with Gasteiger partial charge >= 0.3 is 5.97 Å². The number of rotatable bonds is 6. The first-order valence-electron chi connectivity index (χ1n) is 8.83. The zero-order chi connectivity index (χ0) is 21.9. The third-order valence-corrected chi connectivity index (χ3v) is 4.75. The van der Waals surface area contributed by atoms with Gasteiger partial charge in [-0.3, -0.25) is 4.79 Å². The molecule has 0 aromatic carbocycles. The fraction of sp³-hybridized carbons (Fsp3) is 0.875. The van der Waals surface area contributed by atoms with Crippen LogP contribution in [0.3, 0.4) is 0 Å². The molecule has 2 aliphatic rings. The van der Waals surface area contributed by atoms with Gasteiger partial charge in [-0.1, -0.05) is 0 Å². The summed E-state index contributed by atoms with van der Waals surface area (Å²) in [4.78, 5) is 23.4. The van der Waals surface area contributed by atoms with Gasteiger partial charge < -0.3 is 54.5 Å². The molecule has 0 bridgehead atoms. The molecule has 2 fully saturated rings. The van der Waals surface area contributed by atoms with E-state index in [4.69, 9.17) is 18.9 Å². The maximum Gasteiger partial charge on any atom is 0.337 e. The van der Waals surface area contributed by atoms with Gasteiger partial charge in [0.25, 0.3) is 0 Å². The highest BCUT2D eigenvalue weighted by Gasteiger charge is 2.52. The lowest BCUT2D eigenvalue weighted by Gasteiger charge is -2.46. The van der Waals surface area contributed by atoms with Crippen molar-refractivity contribution in [3.05, 3.63) is 0 Å². The molecule has 0 aromatic rings. The molecule has 168 valence electrons. The van der Waals surface area contributed by atoms with Crippen molar-refractivity contribution in [1.82, 2.24) is 5.32 Å². The lowest BCUT2D eigenvalue weighted by Crippen LogP contribution is -2.68. The summed E-state index contributed by atoms with van der Waals surface area (Å²) >= 11 is 0. The number of hydrogen-bond acceptors (Lipinski definition) is 12. The Bertz CT molecular complexity index is 576. The van der Waals surface area contributed by atoms with Crippen molar-refractivity contribution in [2.75, 3.05) is 20.8 Å². The normalized spacial score (nSPS) is 42.9. The van der Waals surface area contributed by atoms with Crippen LogP contribution in [0.4, 0.5) is 0 Å². The average Bonchev–Trinajstić information content (AvgIpc) is 2.69. The predicted octanol–water partition coefficient (Wildman–Crippen LogP) is -4.42. The van der Waals surface area contributed by atoms with E-state index in [1.165, 1.54) is 14.0 Å². The molecule has 0 spiro atoms. The van der Waals surface area contributed by atoms with Crippen LogP contribution in [0.15, 0.2) is 0 Å². The van der Waals surface area contributed by atoms with E-state index in [0.717, 1.165) is 7.11 Å². The van der Waals surface area contributed by atoms with Crippen molar-refractivity contribution in [3.63, 3.8) is 0 Å². The SMILES string of the molecule is COC(=O)C1OC(OC2C(O)C(CO)OC(OC)C2NC(C)=O)C(O)C(O)C1O. The Labute approximate surface area is 166 Å². The fourth-order valence-corrected chi connectivity index (χ4v) is 3.25. The first kappa shape index (κ1) is 23.9. The van der Waals surface area contributed by atoms with Gasteiger partial charge in [-0.2, -0.15) is 0 Å². The van der Waals surface area contributed by atoms with Gasteiger partial charge in [-0.15, -0.1) is 0 Å². The number of ether oxygens (including phenoxy) is 5. The summed E-state index contributed by atoms with van der Waals surface area (Å²) in [6.07, 6.45) is -14.0. The Morgan fingerprint density at radius 1 is 0.966 bits per heavy atom. The van der Waals surface area contributed by atoms with Crippen LogP contribution in [0.25, 0.3) is 0 Å². The number of esters is 1. The molecule has 0 aromatic heterocycles. The summed E-state index contributed by atoms with van der Waals surface area (Å²) in [6.45, 7) is 0.585. The lowest BCUT2D eigenvalue weighted by atomic mass is 9.95. The molecule has 1 amide bonds. The lowest BCUT2D eigenvalue weighted by molar-refractivity contribution is -0.338. The van der Waals surface area contributed by atoms with Crippen molar-refractivity contribution < 1.29 is 58.8 Å². The second kappa shape index (κ2) is 10.1. The minimum absolute atomic E-state index is 0.517. The Balaban J connectivity index is 2.29. The Morgan fingerprint density at radius 3 is 2.14 bits per heavy atom. The predicted molar refractivity (Wildman–Crippen MR) is 89.9 cm³/mol. The number of hydrogen-bond donors (Lipinski definition) is 6. The van der Waals surface area contributed by atoms with Crippen LogP contribution in [0.5, 0.6) is 0 Å². The van der Waals surface area contributed by atoms with Crippen LogP contribution in [-0.4, -0.2) is 120 Å². The summed E-state index contributed by atoms with van der Waals surface area (Å²) in [7, 11) is 2.30. The molecule has 29 heavy (non-hydrogen) atoms. The smallest absolute Gasteiger partial charge is 0.337 e. The van der Waals surface area contributed by atoms with E-state index in [-0.39, 0.29) is 0 Å². The van der Waals surface area contributed by atoms with Crippen LogP contribution in [0.1, 0.15) is 6.92 Å². The van der Waals surface area contributed by atoms with Crippen molar-refractivity contribution in [2.24, 2.45) is 0 Å². The van der Waals surface area contributed by atoms with Crippen molar-refractivity contribution in [1.29, 1.82) is 0 Å². The monoisotopic (exact) mass is 425 g/mol. The molecule has 2 heterocycles. The zero-order valence-corrected chi connectivity index (χ0v) is 16.1. The molecule has 0 radical (unpaired) electrons. The zero-order valence-electron chi connectivity index (χ0n) is 16.1. The first-order chi connectivity index (χ1) is 13.7. The van der Waals surface area contributed by atoms with Gasteiger partial charge in [0.1, 0.15) is 42.7 Å². The summed E-state index contributed by atoms with van der Waals surface area (Å²) in [5.74, 6) is -1.54. The summed E-state index contributed by atoms with van der Waals surface area (Å²) in [5, 5.41) is 52.7.